The molecule has 0 N–H and O–H groups in total. The van der Waals surface area contributed by atoms with Crippen LogP contribution in [0.25, 0.3) is 0 Å². The average molecular weight is 326 g/mol. The van der Waals surface area contributed by atoms with Crippen molar-refractivity contribution in [2.24, 2.45) is 0 Å². The molecule has 0 radical (unpaired) electrons. The number of rotatable bonds is 4. The van der Waals surface area contributed by atoms with E-state index in [1.807, 2.05) is 12.1 Å². The number of nitrogens with zero attached hydrogens (tertiary/aromatic N) is 2. The van der Waals surface area contributed by atoms with Crippen LogP contribution in [0.1, 0.15) is 24.8 Å². The zero-order valence-corrected chi connectivity index (χ0v) is 13.6. The highest BCUT2D eigenvalue weighted by atomic mass is 32.2. The number of aromatic nitrogens is 1. The van der Waals surface area contributed by atoms with Gasteiger partial charge in [0.25, 0.3) is 0 Å². The molecule has 3 rings (SSSR count). The summed E-state index contributed by atoms with van der Waals surface area (Å²) in [6.07, 6.45) is 7.21. The van der Waals surface area contributed by atoms with Gasteiger partial charge in [-0.1, -0.05) is 6.07 Å². The van der Waals surface area contributed by atoms with Crippen LogP contribution in [0.3, 0.4) is 0 Å². The van der Waals surface area contributed by atoms with E-state index in [1.54, 1.807) is 12.4 Å². The molecule has 122 valence electrons. The second-order valence-corrected chi connectivity index (χ2v) is 8.14. The zero-order chi connectivity index (χ0) is 15.6. The first kappa shape index (κ1) is 15.9. The molecule has 1 spiro atoms. The van der Waals surface area contributed by atoms with Gasteiger partial charge in [0.1, 0.15) is 0 Å². The standard InChI is InChI=1S/C15H22N2O4S/c1-22(18,19)17-7-4-15(5-8-17)9-14(12-21-15)20-11-13-3-2-6-16-10-13/h2-3,6,10,14H,4-5,7-9,11-12H2,1H3. The third-order valence-corrected chi connectivity index (χ3v) is 5.79. The monoisotopic (exact) mass is 326 g/mol. The van der Waals surface area contributed by atoms with E-state index in [4.69, 9.17) is 9.47 Å². The van der Waals surface area contributed by atoms with Gasteiger partial charge in [0.15, 0.2) is 0 Å². The summed E-state index contributed by atoms with van der Waals surface area (Å²) in [5, 5.41) is 0. The third-order valence-electron chi connectivity index (χ3n) is 4.49. The van der Waals surface area contributed by atoms with Crippen LogP contribution in [-0.4, -0.2) is 55.4 Å². The lowest BCUT2D eigenvalue weighted by Crippen LogP contribution is -2.46. The van der Waals surface area contributed by atoms with Crippen molar-refractivity contribution in [3.63, 3.8) is 0 Å². The van der Waals surface area contributed by atoms with E-state index >= 15 is 0 Å². The molecule has 0 aliphatic carbocycles. The molecule has 1 unspecified atom stereocenters. The lowest BCUT2D eigenvalue weighted by molar-refractivity contribution is -0.0342. The SMILES string of the molecule is CS(=O)(=O)N1CCC2(CC1)CC(OCc1cccnc1)CO2. The first-order valence-corrected chi connectivity index (χ1v) is 9.41. The third kappa shape index (κ3) is 3.65. The Labute approximate surface area is 131 Å². The minimum atomic E-state index is -3.09. The predicted octanol–water partition coefficient (Wildman–Crippen LogP) is 1.18. The van der Waals surface area contributed by atoms with Crippen molar-refractivity contribution in [2.45, 2.75) is 37.6 Å². The number of hydrogen-bond donors (Lipinski definition) is 0. The van der Waals surface area contributed by atoms with Gasteiger partial charge in [-0.3, -0.25) is 4.98 Å². The number of pyridine rings is 1. The molecular formula is C15H22N2O4S. The molecule has 3 heterocycles. The Morgan fingerprint density at radius 1 is 1.45 bits per heavy atom. The summed E-state index contributed by atoms with van der Waals surface area (Å²) >= 11 is 0. The van der Waals surface area contributed by atoms with Gasteiger partial charge in [0.05, 0.1) is 31.2 Å². The molecule has 7 heteroatoms. The fourth-order valence-electron chi connectivity index (χ4n) is 3.18. The minimum absolute atomic E-state index is 0.0741. The predicted molar refractivity (Wildman–Crippen MR) is 81.8 cm³/mol. The molecule has 6 nitrogen and oxygen atoms in total. The molecule has 2 aliphatic rings. The second kappa shape index (κ2) is 6.23. The van der Waals surface area contributed by atoms with Gasteiger partial charge in [-0.15, -0.1) is 0 Å². The molecule has 2 saturated heterocycles. The van der Waals surface area contributed by atoms with Crippen molar-refractivity contribution in [3.05, 3.63) is 30.1 Å². The van der Waals surface area contributed by atoms with Crippen LogP contribution in [0, 0.1) is 0 Å². The van der Waals surface area contributed by atoms with Crippen molar-refractivity contribution in [2.75, 3.05) is 26.0 Å². The van der Waals surface area contributed by atoms with Gasteiger partial charge < -0.3 is 9.47 Å². The van der Waals surface area contributed by atoms with E-state index in [0.29, 0.717) is 26.3 Å². The highest BCUT2D eigenvalue weighted by Gasteiger charge is 2.44. The fourth-order valence-corrected chi connectivity index (χ4v) is 4.03. The number of hydrogen-bond acceptors (Lipinski definition) is 5. The van der Waals surface area contributed by atoms with E-state index in [1.165, 1.54) is 10.6 Å². The molecular weight excluding hydrogens is 304 g/mol. The Morgan fingerprint density at radius 3 is 2.86 bits per heavy atom. The summed E-state index contributed by atoms with van der Waals surface area (Å²) in [6.45, 7) is 2.19. The Bertz CT molecular complexity index is 597. The highest BCUT2D eigenvalue weighted by Crippen LogP contribution is 2.37. The lowest BCUT2D eigenvalue weighted by atomic mass is 9.89. The Kier molecular flexibility index (Phi) is 4.49. The van der Waals surface area contributed by atoms with Gasteiger partial charge in [-0.25, -0.2) is 12.7 Å². The van der Waals surface area contributed by atoms with Crippen molar-refractivity contribution in [1.29, 1.82) is 0 Å². The molecule has 1 aromatic heterocycles. The number of piperidine rings is 1. The van der Waals surface area contributed by atoms with Crippen molar-refractivity contribution in [3.8, 4) is 0 Å². The molecule has 2 aliphatic heterocycles. The molecule has 0 aromatic carbocycles. The first-order valence-electron chi connectivity index (χ1n) is 7.56. The van der Waals surface area contributed by atoms with Gasteiger partial charge in [0, 0.05) is 31.9 Å². The molecule has 1 aromatic rings. The first-order chi connectivity index (χ1) is 10.5. The largest absolute Gasteiger partial charge is 0.372 e. The van der Waals surface area contributed by atoms with Crippen LogP contribution < -0.4 is 0 Å². The lowest BCUT2D eigenvalue weighted by Gasteiger charge is -2.37. The highest BCUT2D eigenvalue weighted by molar-refractivity contribution is 7.88. The van der Waals surface area contributed by atoms with Crippen molar-refractivity contribution >= 4 is 10.0 Å². The van der Waals surface area contributed by atoms with E-state index < -0.39 is 10.0 Å². The smallest absolute Gasteiger partial charge is 0.211 e. The van der Waals surface area contributed by atoms with Crippen LogP contribution in [0.15, 0.2) is 24.5 Å². The van der Waals surface area contributed by atoms with Crippen LogP contribution in [0.5, 0.6) is 0 Å². The maximum atomic E-state index is 11.6. The van der Waals surface area contributed by atoms with Gasteiger partial charge in [0.2, 0.25) is 10.0 Å². The molecule has 0 amide bonds. The van der Waals surface area contributed by atoms with Gasteiger partial charge in [-0.05, 0) is 24.5 Å². The summed E-state index contributed by atoms with van der Waals surface area (Å²) in [7, 11) is -3.09. The second-order valence-electron chi connectivity index (χ2n) is 6.15. The zero-order valence-electron chi connectivity index (χ0n) is 12.8. The van der Waals surface area contributed by atoms with Crippen molar-refractivity contribution in [1.82, 2.24) is 9.29 Å². The number of ether oxygens (including phenoxy) is 2. The quantitative estimate of drug-likeness (QED) is 0.831. The summed E-state index contributed by atoms with van der Waals surface area (Å²) < 4.78 is 36.6. The molecule has 0 saturated carbocycles. The molecule has 2 fully saturated rings. The van der Waals surface area contributed by atoms with Crippen LogP contribution in [0.2, 0.25) is 0 Å². The summed E-state index contributed by atoms with van der Waals surface area (Å²) in [4.78, 5) is 4.07. The van der Waals surface area contributed by atoms with E-state index in [9.17, 15) is 8.42 Å². The molecule has 0 bridgehead atoms. The van der Waals surface area contributed by atoms with E-state index in [2.05, 4.69) is 4.98 Å². The average Bonchev–Trinajstić information content (AvgIpc) is 2.89. The molecule has 1 atom stereocenters. The summed E-state index contributed by atoms with van der Waals surface area (Å²) in [5.41, 5.74) is 0.844. The van der Waals surface area contributed by atoms with Gasteiger partial charge >= 0.3 is 0 Å². The topological polar surface area (TPSA) is 68.7 Å². The Hall–Kier alpha value is -1.02. The van der Waals surface area contributed by atoms with Crippen molar-refractivity contribution < 1.29 is 17.9 Å². The summed E-state index contributed by atoms with van der Waals surface area (Å²) in [5.74, 6) is 0. The Morgan fingerprint density at radius 2 is 2.23 bits per heavy atom. The molecule has 22 heavy (non-hydrogen) atoms. The maximum absolute atomic E-state index is 11.6. The minimum Gasteiger partial charge on any atom is -0.372 e. The van der Waals surface area contributed by atoms with Crippen LogP contribution >= 0.6 is 0 Å². The van der Waals surface area contributed by atoms with Crippen LogP contribution in [0.4, 0.5) is 0 Å². The van der Waals surface area contributed by atoms with E-state index in [0.717, 1.165) is 24.8 Å². The maximum Gasteiger partial charge on any atom is 0.211 e. The van der Waals surface area contributed by atoms with E-state index in [-0.39, 0.29) is 11.7 Å². The fraction of sp³-hybridized carbons (Fsp3) is 0.667. The Balaban J connectivity index is 1.50. The van der Waals surface area contributed by atoms with Crippen LogP contribution in [-0.2, 0) is 26.1 Å². The van der Waals surface area contributed by atoms with Gasteiger partial charge in [-0.2, -0.15) is 0 Å². The number of sulfonamides is 1. The normalized spacial score (nSPS) is 25.6. The summed E-state index contributed by atoms with van der Waals surface area (Å²) in [6, 6.07) is 3.88.